The molecule has 10 heteroatoms. The molecule has 0 bridgehead atoms. The second kappa shape index (κ2) is 12.7. The van der Waals surface area contributed by atoms with Crippen molar-refractivity contribution in [1.29, 1.82) is 0 Å². The van der Waals surface area contributed by atoms with Crippen LogP contribution >= 0.6 is 0 Å². The number of hydrogen-bond acceptors (Lipinski definition) is 8. The fraction of sp³-hybridized carbons (Fsp3) is 0.727. The van der Waals surface area contributed by atoms with Crippen LogP contribution in [0.3, 0.4) is 0 Å². The smallest absolute Gasteiger partial charge is 0.320 e. The number of imide groups is 1. The van der Waals surface area contributed by atoms with Gasteiger partial charge >= 0.3 is 5.97 Å². The van der Waals surface area contributed by atoms with Gasteiger partial charge in [-0.3, -0.25) is 29.0 Å². The Morgan fingerprint density at radius 1 is 0.969 bits per heavy atom. The van der Waals surface area contributed by atoms with E-state index in [1.54, 1.807) is 4.90 Å². The van der Waals surface area contributed by atoms with Gasteiger partial charge in [-0.2, -0.15) is 0 Å². The van der Waals surface area contributed by atoms with E-state index in [1.165, 1.54) is 12.2 Å². The molecule has 1 saturated heterocycles. The Hall–Kier alpha value is -2.30. The highest BCUT2D eigenvalue weighted by Gasteiger charge is 2.25. The van der Waals surface area contributed by atoms with Crippen molar-refractivity contribution in [3.8, 4) is 0 Å². The third kappa shape index (κ3) is 8.68. The molecule has 3 amide bonds. The van der Waals surface area contributed by atoms with Crippen LogP contribution in [0.4, 0.5) is 0 Å². The lowest BCUT2D eigenvalue weighted by Crippen LogP contribution is -2.42. The van der Waals surface area contributed by atoms with E-state index >= 15 is 0 Å². The van der Waals surface area contributed by atoms with E-state index in [1.807, 2.05) is 25.7 Å². The molecule has 0 aromatic rings. The van der Waals surface area contributed by atoms with Crippen LogP contribution in [-0.2, 0) is 33.4 Å². The second-order valence-corrected chi connectivity index (χ2v) is 8.38. The van der Waals surface area contributed by atoms with Crippen molar-refractivity contribution in [1.82, 2.24) is 14.7 Å². The average molecular weight is 454 g/mol. The molecule has 0 spiro atoms. The SMILES string of the molecule is CCC(C)(C)OC(=O)CN1CCOCCN(C(=O)CCN2C(=O)C=CC2=O)CCOCC1. The second-order valence-electron chi connectivity index (χ2n) is 8.38. The van der Waals surface area contributed by atoms with Crippen LogP contribution < -0.4 is 0 Å². The first-order chi connectivity index (χ1) is 15.2. The number of ether oxygens (including phenoxy) is 3. The Balaban J connectivity index is 1.77. The largest absolute Gasteiger partial charge is 0.459 e. The van der Waals surface area contributed by atoms with Crippen LogP contribution in [0.1, 0.15) is 33.6 Å². The molecule has 32 heavy (non-hydrogen) atoms. The van der Waals surface area contributed by atoms with E-state index in [9.17, 15) is 19.2 Å². The van der Waals surface area contributed by atoms with Gasteiger partial charge in [0, 0.05) is 51.3 Å². The molecule has 10 nitrogen and oxygen atoms in total. The predicted molar refractivity (Wildman–Crippen MR) is 116 cm³/mol. The molecular weight excluding hydrogens is 418 g/mol. The maximum absolute atomic E-state index is 12.6. The molecular formula is C22H35N3O7. The minimum Gasteiger partial charge on any atom is -0.459 e. The molecule has 0 aromatic carbocycles. The maximum atomic E-state index is 12.6. The van der Waals surface area contributed by atoms with Crippen molar-refractivity contribution in [3.63, 3.8) is 0 Å². The monoisotopic (exact) mass is 453 g/mol. The summed E-state index contributed by atoms with van der Waals surface area (Å²) in [5, 5.41) is 0. The molecule has 1 fully saturated rings. The van der Waals surface area contributed by atoms with Gasteiger partial charge in [-0.15, -0.1) is 0 Å². The summed E-state index contributed by atoms with van der Waals surface area (Å²) in [6.45, 7) is 9.35. The van der Waals surface area contributed by atoms with Crippen molar-refractivity contribution in [2.75, 3.05) is 65.7 Å². The van der Waals surface area contributed by atoms with E-state index < -0.39 is 17.4 Å². The fourth-order valence-electron chi connectivity index (χ4n) is 3.18. The van der Waals surface area contributed by atoms with E-state index in [2.05, 4.69) is 0 Å². The highest BCUT2D eigenvalue weighted by molar-refractivity contribution is 6.13. The maximum Gasteiger partial charge on any atom is 0.320 e. The molecule has 2 aliphatic heterocycles. The van der Waals surface area contributed by atoms with Gasteiger partial charge in [0.15, 0.2) is 0 Å². The van der Waals surface area contributed by atoms with Gasteiger partial charge in [-0.25, -0.2) is 0 Å². The number of carbonyl (C=O) groups is 4. The van der Waals surface area contributed by atoms with Crippen molar-refractivity contribution < 1.29 is 33.4 Å². The van der Waals surface area contributed by atoms with Gasteiger partial charge in [0.1, 0.15) is 5.60 Å². The molecule has 0 N–H and O–H groups in total. The Kier molecular flexibility index (Phi) is 10.3. The summed E-state index contributed by atoms with van der Waals surface area (Å²) in [6, 6.07) is 0. The number of nitrogens with zero attached hydrogens (tertiary/aromatic N) is 3. The van der Waals surface area contributed by atoms with Gasteiger partial charge in [-0.05, 0) is 20.3 Å². The minimum atomic E-state index is -0.488. The lowest BCUT2D eigenvalue weighted by atomic mass is 10.1. The standard InChI is InChI=1S/C22H35N3O7/c1-4-22(2,3)32-21(29)17-23-9-13-30-15-11-24(12-16-31-14-10-23)18(26)7-8-25-19(27)5-6-20(25)28/h5-6H,4,7-17H2,1-3H3. The third-order valence-corrected chi connectivity index (χ3v) is 5.51. The van der Waals surface area contributed by atoms with Crippen LogP contribution in [0.15, 0.2) is 12.2 Å². The van der Waals surface area contributed by atoms with Crippen LogP contribution in [0.25, 0.3) is 0 Å². The summed E-state index contributed by atoms with van der Waals surface area (Å²) < 4.78 is 16.9. The number of rotatable bonds is 7. The molecule has 0 aromatic heterocycles. The van der Waals surface area contributed by atoms with Gasteiger partial charge in [0.2, 0.25) is 5.91 Å². The Labute approximate surface area is 189 Å². The Morgan fingerprint density at radius 3 is 2.03 bits per heavy atom. The van der Waals surface area contributed by atoms with E-state index in [0.29, 0.717) is 52.6 Å². The van der Waals surface area contributed by atoms with Crippen LogP contribution in [0.2, 0.25) is 0 Å². The lowest BCUT2D eigenvalue weighted by Gasteiger charge is -2.28. The van der Waals surface area contributed by atoms with Gasteiger partial charge in [-0.1, -0.05) is 6.92 Å². The molecule has 2 heterocycles. The molecule has 0 radical (unpaired) electrons. The minimum absolute atomic E-state index is 0.0572. The molecule has 2 rings (SSSR count). The van der Waals surface area contributed by atoms with Crippen LogP contribution in [-0.4, -0.2) is 110 Å². The molecule has 2 aliphatic rings. The van der Waals surface area contributed by atoms with Gasteiger partial charge in [0.25, 0.3) is 11.8 Å². The first-order valence-electron chi connectivity index (χ1n) is 11.1. The van der Waals surface area contributed by atoms with E-state index in [-0.39, 0.29) is 31.4 Å². The highest BCUT2D eigenvalue weighted by atomic mass is 16.6. The topological polar surface area (TPSA) is 106 Å². The Morgan fingerprint density at radius 2 is 1.50 bits per heavy atom. The first kappa shape index (κ1) is 26.0. The first-order valence-corrected chi connectivity index (χ1v) is 11.1. The number of carbonyl (C=O) groups excluding carboxylic acids is 4. The summed E-state index contributed by atoms with van der Waals surface area (Å²) in [5.41, 5.74) is -0.488. The van der Waals surface area contributed by atoms with Crippen molar-refractivity contribution in [2.24, 2.45) is 0 Å². The highest BCUT2D eigenvalue weighted by Crippen LogP contribution is 2.14. The number of esters is 1. The quantitative estimate of drug-likeness (QED) is 0.398. The molecule has 0 unspecified atom stereocenters. The zero-order valence-corrected chi connectivity index (χ0v) is 19.3. The van der Waals surface area contributed by atoms with Crippen molar-refractivity contribution >= 4 is 23.7 Å². The predicted octanol–water partition coefficient (Wildman–Crippen LogP) is 0.211. The van der Waals surface area contributed by atoms with Gasteiger partial charge in [0.05, 0.1) is 33.0 Å². The van der Waals surface area contributed by atoms with Gasteiger partial charge < -0.3 is 19.1 Å². The molecule has 0 saturated carbocycles. The zero-order chi connectivity index (χ0) is 23.6. The van der Waals surface area contributed by atoms with E-state index in [0.717, 1.165) is 11.3 Å². The molecule has 180 valence electrons. The zero-order valence-electron chi connectivity index (χ0n) is 19.3. The Bertz CT molecular complexity index is 676. The summed E-state index contributed by atoms with van der Waals surface area (Å²) in [4.78, 5) is 52.7. The molecule has 0 aliphatic carbocycles. The van der Waals surface area contributed by atoms with E-state index in [4.69, 9.17) is 14.2 Å². The third-order valence-electron chi connectivity index (χ3n) is 5.51. The molecule has 0 atom stereocenters. The van der Waals surface area contributed by atoms with Crippen molar-refractivity contribution in [3.05, 3.63) is 12.2 Å². The van der Waals surface area contributed by atoms with Crippen LogP contribution in [0.5, 0.6) is 0 Å². The number of amides is 3. The summed E-state index contributed by atoms with van der Waals surface area (Å²) in [6.07, 6.45) is 3.21. The summed E-state index contributed by atoms with van der Waals surface area (Å²) in [5.74, 6) is -1.22. The van der Waals surface area contributed by atoms with Crippen molar-refractivity contribution in [2.45, 2.75) is 39.2 Å². The lowest BCUT2D eigenvalue weighted by molar-refractivity contribution is -0.158. The average Bonchev–Trinajstić information content (AvgIpc) is 3.05. The summed E-state index contributed by atoms with van der Waals surface area (Å²) in [7, 11) is 0. The number of hydrogen-bond donors (Lipinski definition) is 0. The van der Waals surface area contributed by atoms with Crippen LogP contribution in [0, 0.1) is 0 Å². The summed E-state index contributed by atoms with van der Waals surface area (Å²) >= 11 is 0. The fourth-order valence-corrected chi connectivity index (χ4v) is 3.18. The normalized spacial score (nSPS) is 19.6.